The molecule has 19 heavy (non-hydrogen) atoms. The minimum absolute atomic E-state index is 0.128. The number of rotatable bonds is 3. The van der Waals surface area contributed by atoms with E-state index in [2.05, 4.69) is 31.7 Å². The Morgan fingerprint density at radius 1 is 1.47 bits per heavy atom. The molecule has 0 aromatic heterocycles. The topological polar surface area (TPSA) is 38.5 Å². The van der Waals surface area contributed by atoms with Crippen LogP contribution in [0.4, 0.5) is 5.69 Å². The summed E-state index contributed by atoms with van der Waals surface area (Å²) in [5, 5.41) is 0.771. The lowest BCUT2D eigenvalue weighted by Crippen LogP contribution is -2.52. The molecule has 1 aliphatic rings. The third-order valence-corrected chi connectivity index (χ3v) is 3.60. The van der Waals surface area contributed by atoms with Crippen molar-refractivity contribution in [1.29, 1.82) is 0 Å². The zero-order chi connectivity index (χ0) is 14.0. The fraction of sp³-hybridized carbons (Fsp3) is 0.600. The van der Waals surface area contributed by atoms with Crippen LogP contribution in [0.15, 0.2) is 18.2 Å². The van der Waals surface area contributed by atoms with Crippen molar-refractivity contribution >= 4 is 17.3 Å². The molecule has 106 valence electrons. The lowest BCUT2D eigenvalue weighted by Gasteiger charge is -2.43. The molecule has 3 nitrogen and oxygen atoms in total. The van der Waals surface area contributed by atoms with Crippen LogP contribution in [0.5, 0.6) is 0 Å². The van der Waals surface area contributed by atoms with Gasteiger partial charge in [-0.2, -0.15) is 0 Å². The molecule has 1 fully saturated rings. The van der Waals surface area contributed by atoms with Gasteiger partial charge < -0.3 is 15.4 Å². The highest BCUT2D eigenvalue weighted by Gasteiger charge is 2.32. The molecule has 0 amide bonds. The molecule has 0 aliphatic carbocycles. The van der Waals surface area contributed by atoms with Crippen LogP contribution in [0.1, 0.15) is 26.3 Å². The average molecular weight is 283 g/mol. The maximum atomic E-state index is 6.09. The van der Waals surface area contributed by atoms with Crippen molar-refractivity contribution < 1.29 is 4.74 Å². The standard InChI is InChI=1S/C15H23ClN2O/c1-11-9-18(10-15(2,3)19-11)14-5-4-13(16)8-12(14)6-7-17/h4-5,8,11H,6-7,9-10,17H2,1-3H3. The number of nitrogens with zero attached hydrogens (tertiary/aromatic N) is 1. The quantitative estimate of drug-likeness (QED) is 0.926. The molecular formula is C15H23ClN2O. The summed E-state index contributed by atoms with van der Waals surface area (Å²) in [5.41, 5.74) is 8.03. The van der Waals surface area contributed by atoms with Crippen LogP contribution >= 0.6 is 11.6 Å². The molecule has 2 N–H and O–H groups in total. The van der Waals surface area contributed by atoms with Gasteiger partial charge in [-0.3, -0.25) is 0 Å². The molecule has 1 unspecified atom stereocenters. The highest BCUT2D eigenvalue weighted by Crippen LogP contribution is 2.30. The van der Waals surface area contributed by atoms with Gasteiger partial charge in [-0.1, -0.05) is 11.6 Å². The van der Waals surface area contributed by atoms with Crippen LogP contribution < -0.4 is 10.6 Å². The van der Waals surface area contributed by atoms with E-state index in [-0.39, 0.29) is 11.7 Å². The van der Waals surface area contributed by atoms with Crippen molar-refractivity contribution in [3.05, 3.63) is 28.8 Å². The first-order valence-corrected chi connectivity index (χ1v) is 7.20. The highest BCUT2D eigenvalue weighted by atomic mass is 35.5. The Labute approximate surface area is 120 Å². The molecule has 0 saturated carbocycles. The summed E-state index contributed by atoms with van der Waals surface area (Å²) >= 11 is 6.09. The Morgan fingerprint density at radius 3 is 2.84 bits per heavy atom. The van der Waals surface area contributed by atoms with Crippen LogP contribution in [0, 0.1) is 0 Å². The number of ether oxygens (including phenoxy) is 1. The molecule has 4 heteroatoms. The van der Waals surface area contributed by atoms with Crippen molar-refractivity contribution in [2.75, 3.05) is 24.5 Å². The van der Waals surface area contributed by atoms with Crippen LogP contribution in [0.3, 0.4) is 0 Å². The summed E-state index contributed by atoms with van der Waals surface area (Å²) in [6, 6.07) is 6.07. The molecule has 0 radical (unpaired) electrons. The van der Waals surface area contributed by atoms with Gasteiger partial charge in [0.15, 0.2) is 0 Å². The van der Waals surface area contributed by atoms with Gasteiger partial charge in [-0.15, -0.1) is 0 Å². The van der Waals surface area contributed by atoms with Gasteiger partial charge in [0.25, 0.3) is 0 Å². The lowest BCUT2D eigenvalue weighted by molar-refractivity contribution is -0.0750. The molecule has 1 aromatic rings. The van der Waals surface area contributed by atoms with E-state index in [9.17, 15) is 0 Å². The number of hydrogen-bond donors (Lipinski definition) is 1. The number of halogens is 1. The van der Waals surface area contributed by atoms with Crippen LogP contribution in [-0.2, 0) is 11.2 Å². The summed E-state index contributed by atoms with van der Waals surface area (Å²) in [7, 11) is 0. The van der Waals surface area contributed by atoms with Crippen molar-refractivity contribution in [2.45, 2.75) is 38.9 Å². The summed E-state index contributed by atoms with van der Waals surface area (Å²) in [5.74, 6) is 0. The van der Waals surface area contributed by atoms with Crippen LogP contribution in [0.25, 0.3) is 0 Å². The van der Waals surface area contributed by atoms with E-state index in [1.165, 1.54) is 11.3 Å². The van der Waals surface area contributed by atoms with Gasteiger partial charge in [-0.05, 0) is 57.5 Å². The maximum absolute atomic E-state index is 6.09. The second-order valence-corrected chi connectivity index (χ2v) is 6.32. The van der Waals surface area contributed by atoms with Crippen molar-refractivity contribution in [1.82, 2.24) is 0 Å². The Bertz CT molecular complexity index is 448. The summed E-state index contributed by atoms with van der Waals surface area (Å²) in [6.45, 7) is 8.81. The molecule has 1 atom stereocenters. The van der Waals surface area contributed by atoms with E-state index >= 15 is 0 Å². The minimum Gasteiger partial charge on any atom is -0.369 e. The fourth-order valence-corrected chi connectivity index (χ4v) is 3.05. The number of hydrogen-bond acceptors (Lipinski definition) is 3. The minimum atomic E-state index is -0.128. The molecule has 1 heterocycles. The summed E-state index contributed by atoms with van der Waals surface area (Å²) < 4.78 is 5.96. The Morgan fingerprint density at radius 2 is 2.21 bits per heavy atom. The Balaban J connectivity index is 2.30. The van der Waals surface area contributed by atoms with E-state index in [4.69, 9.17) is 22.1 Å². The van der Waals surface area contributed by atoms with Gasteiger partial charge >= 0.3 is 0 Å². The fourth-order valence-electron chi connectivity index (χ4n) is 2.86. The monoisotopic (exact) mass is 282 g/mol. The molecule has 0 spiro atoms. The van der Waals surface area contributed by atoms with Crippen molar-refractivity contribution in [3.8, 4) is 0 Å². The Hall–Kier alpha value is -0.770. The lowest BCUT2D eigenvalue weighted by atomic mass is 10.0. The van der Waals surface area contributed by atoms with Crippen LogP contribution in [0.2, 0.25) is 5.02 Å². The zero-order valence-electron chi connectivity index (χ0n) is 11.9. The number of nitrogens with two attached hydrogens (primary N) is 1. The number of benzene rings is 1. The van der Waals surface area contributed by atoms with E-state index in [1.54, 1.807) is 0 Å². The SMILES string of the molecule is CC1CN(c2ccc(Cl)cc2CCN)CC(C)(C)O1. The van der Waals surface area contributed by atoms with Gasteiger partial charge in [0.1, 0.15) is 0 Å². The smallest absolute Gasteiger partial charge is 0.0805 e. The largest absolute Gasteiger partial charge is 0.369 e. The first kappa shape index (κ1) is 14.6. The molecule has 1 aromatic carbocycles. The second-order valence-electron chi connectivity index (χ2n) is 5.88. The predicted octanol–water partition coefficient (Wildman–Crippen LogP) is 2.84. The maximum Gasteiger partial charge on any atom is 0.0805 e. The van der Waals surface area contributed by atoms with E-state index in [1.807, 2.05) is 12.1 Å². The van der Waals surface area contributed by atoms with E-state index in [0.29, 0.717) is 6.54 Å². The zero-order valence-corrected chi connectivity index (χ0v) is 12.7. The Kier molecular flexibility index (Phi) is 4.39. The first-order chi connectivity index (χ1) is 8.91. The molecule has 1 saturated heterocycles. The third kappa shape index (κ3) is 3.62. The highest BCUT2D eigenvalue weighted by molar-refractivity contribution is 6.30. The van der Waals surface area contributed by atoms with Gasteiger partial charge in [0, 0.05) is 23.8 Å². The first-order valence-electron chi connectivity index (χ1n) is 6.82. The van der Waals surface area contributed by atoms with Gasteiger partial charge in [0.05, 0.1) is 11.7 Å². The van der Waals surface area contributed by atoms with Crippen molar-refractivity contribution in [3.63, 3.8) is 0 Å². The van der Waals surface area contributed by atoms with Gasteiger partial charge in [-0.25, -0.2) is 0 Å². The summed E-state index contributed by atoms with van der Waals surface area (Å²) in [6.07, 6.45) is 1.08. The normalized spacial score (nSPS) is 22.6. The molecule has 2 rings (SSSR count). The van der Waals surface area contributed by atoms with E-state index in [0.717, 1.165) is 24.5 Å². The molecule has 1 aliphatic heterocycles. The average Bonchev–Trinajstić information content (AvgIpc) is 2.26. The van der Waals surface area contributed by atoms with Crippen molar-refractivity contribution in [2.24, 2.45) is 5.73 Å². The van der Waals surface area contributed by atoms with E-state index < -0.39 is 0 Å². The number of anilines is 1. The van der Waals surface area contributed by atoms with Gasteiger partial charge in [0.2, 0.25) is 0 Å². The summed E-state index contributed by atoms with van der Waals surface area (Å²) in [4.78, 5) is 2.38. The van der Waals surface area contributed by atoms with Crippen LogP contribution in [-0.4, -0.2) is 31.3 Å². The predicted molar refractivity (Wildman–Crippen MR) is 81.0 cm³/mol. The third-order valence-electron chi connectivity index (χ3n) is 3.37. The molecule has 0 bridgehead atoms. The number of morpholine rings is 1. The molecular weight excluding hydrogens is 260 g/mol. The second kappa shape index (κ2) is 5.70.